The number of hydrogen-bond acceptors (Lipinski definition) is 4. The van der Waals surface area contributed by atoms with Gasteiger partial charge >= 0.3 is 5.69 Å². The second-order valence-corrected chi connectivity index (χ2v) is 7.39. The van der Waals surface area contributed by atoms with Crippen LogP contribution in [-0.2, 0) is 16.1 Å². The van der Waals surface area contributed by atoms with E-state index in [0.29, 0.717) is 24.7 Å². The minimum atomic E-state index is -0.359. The van der Waals surface area contributed by atoms with E-state index in [0.717, 1.165) is 25.0 Å². The maximum absolute atomic E-state index is 12.8. The number of unbranched alkanes of at least 4 members (excludes halogenated alkanes) is 1. The Bertz CT molecular complexity index is 654. The average molecular weight is 349 g/mol. The lowest BCUT2D eigenvalue weighted by Crippen LogP contribution is -2.52. The highest BCUT2D eigenvalue weighted by Crippen LogP contribution is 2.21. The molecule has 0 aromatic carbocycles. The van der Waals surface area contributed by atoms with E-state index in [1.54, 1.807) is 6.92 Å². The van der Waals surface area contributed by atoms with Gasteiger partial charge in [-0.2, -0.15) is 4.98 Å². The van der Waals surface area contributed by atoms with Gasteiger partial charge in [-0.25, -0.2) is 4.79 Å². The molecule has 1 aliphatic heterocycles. The number of hydrogen-bond donors (Lipinski definition) is 0. The normalized spacial score (nSPS) is 21.0. The van der Waals surface area contributed by atoms with E-state index in [4.69, 9.17) is 4.74 Å². The number of morpholine rings is 1. The molecular formula is C19H31N3O3. The minimum absolute atomic E-state index is 0.0358. The maximum Gasteiger partial charge on any atom is 0.348 e. The Kier molecular flexibility index (Phi) is 6.76. The molecule has 6 nitrogen and oxygen atoms in total. The third-order valence-corrected chi connectivity index (χ3v) is 4.81. The summed E-state index contributed by atoms with van der Waals surface area (Å²) in [5, 5.41) is 0. The van der Waals surface area contributed by atoms with Crippen LogP contribution in [0.1, 0.15) is 51.4 Å². The maximum atomic E-state index is 12.8. The molecule has 1 aromatic rings. The largest absolute Gasteiger partial charge is 0.371 e. The number of carbonyl (C=O) groups is 1. The van der Waals surface area contributed by atoms with Gasteiger partial charge in [0.05, 0.1) is 12.2 Å². The first kappa shape index (κ1) is 19.6. The van der Waals surface area contributed by atoms with Crippen LogP contribution in [0, 0.1) is 19.8 Å². The van der Waals surface area contributed by atoms with Gasteiger partial charge in [0.25, 0.3) is 0 Å². The van der Waals surface area contributed by atoms with Crippen LogP contribution >= 0.6 is 0 Å². The minimum Gasteiger partial charge on any atom is -0.371 e. The quantitative estimate of drug-likeness (QED) is 0.790. The molecule has 0 bridgehead atoms. The molecule has 1 aromatic heterocycles. The zero-order chi connectivity index (χ0) is 18.6. The number of amides is 1. The van der Waals surface area contributed by atoms with Crippen LogP contribution in [0.15, 0.2) is 10.9 Å². The first-order valence-electron chi connectivity index (χ1n) is 9.30. The third-order valence-electron chi connectivity index (χ3n) is 4.81. The molecule has 140 valence electrons. The standard InChI is InChI=1S/C19H31N3O3/c1-6-7-8-16-10-21(11-17(25-16)13(2)3)18(23)12-22-15(5)9-14(4)20-19(22)24/h9,13,16-17H,6-8,10-12H2,1-5H3/t16-,17-/m1/s1. The van der Waals surface area contributed by atoms with E-state index in [-0.39, 0.29) is 30.3 Å². The molecule has 1 fully saturated rings. The fraction of sp³-hybridized carbons (Fsp3) is 0.737. The SMILES string of the molecule is CCCC[C@@H]1CN(C(=O)Cn2c(C)cc(C)nc2=O)C[C@H](C(C)C)O1. The molecular weight excluding hydrogens is 318 g/mol. The molecule has 0 spiro atoms. The van der Waals surface area contributed by atoms with E-state index in [9.17, 15) is 9.59 Å². The molecule has 0 N–H and O–H groups in total. The van der Waals surface area contributed by atoms with Gasteiger partial charge < -0.3 is 9.64 Å². The van der Waals surface area contributed by atoms with Crippen molar-refractivity contribution < 1.29 is 9.53 Å². The number of nitrogens with zero attached hydrogens (tertiary/aromatic N) is 3. The third kappa shape index (κ3) is 5.14. The number of rotatable bonds is 6. The zero-order valence-electron chi connectivity index (χ0n) is 16.1. The number of carbonyl (C=O) groups excluding carboxylic acids is 1. The van der Waals surface area contributed by atoms with Crippen LogP contribution in [0.2, 0.25) is 0 Å². The lowest BCUT2D eigenvalue weighted by Gasteiger charge is -2.40. The first-order valence-corrected chi connectivity index (χ1v) is 9.30. The summed E-state index contributed by atoms with van der Waals surface area (Å²) in [6.45, 7) is 11.3. The molecule has 1 amide bonds. The smallest absolute Gasteiger partial charge is 0.348 e. The molecule has 25 heavy (non-hydrogen) atoms. The first-order chi connectivity index (χ1) is 11.8. The second kappa shape index (κ2) is 8.61. The van der Waals surface area contributed by atoms with Crippen molar-refractivity contribution in [2.24, 2.45) is 5.92 Å². The van der Waals surface area contributed by atoms with Crippen LogP contribution in [0.4, 0.5) is 0 Å². The Morgan fingerprint density at radius 3 is 2.68 bits per heavy atom. The monoisotopic (exact) mass is 349 g/mol. The van der Waals surface area contributed by atoms with Gasteiger partial charge in [0.2, 0.25) is 5.91 Å². The molecule has 1 aliphatic rings. The summed E-state index contributed by atoms with van der Waals surface area (Å²) in [7, 11) is 0. The van der Waals surface area contributed by atoms with Gasteiger partial charge in [-0.3, -0.25) is 9.36 Å². The zero-order valence-corrected chi connectivity index (χ0v) is 16.1. The second-order valence-electron chi connectivity index (χ2n) is 7.39. The van der Waals surface area contributed by atoms with Gasteiger partial charge in [0, 0.05) is 24.5 Å². The van der Waals surface area contributed by atoms with Gasteiger partial charge in [-0.1, -0.05) is 33.6 Å². The Balaban J connectivity index is 2.12. The van der Waals surface area contributed by atoms with E-state index in [1.165, 1.54) is 4.57 Å². The van der Waals surface area contributed by atoms with Gasteiger partial charge in [0.1, 0.15) is 6.54 Å². The Morgan fingerprint density at radius 1 is 1.36 bits per heavy atom. The molecule has 1 saturated heterocycles. The average Bonchev–Trinajstić information content (AvgIpc) is 2.55. The summed E-state index contributed by atoms with van der Waals surface area (Å²) in [6, 6.07) is 1.83. The predicted molar refractivity (Wildman–Crippen MR) is 97.6 cm³/mol. The van der Waals surface area contributed by atoms with Gasteiger partial charge in [-0.15, -0.1) is 0 Å². The van der Waals surface area contributed by atoms with E-state index >= 15 is 0 Å². The Morgan fingerprint density at radius 2 is 2.08 bits per heavy atom. The summed E-state index contributed by atoms with van der Waals surface area (Å²) in [5.41, 5.74) is 1.08. The van der Waals surface area contributed by atoms with Crippen molar-refractivity contribution in [2.45, 2.75) is 72.6 Å². The molecule has 2 heterocycles. The van der Waals surface area contributed by atoms with Gasteiger partial charge in [-0.05, 0) is 32.3 Å². The number of ether oxygens (including phenoxy) is 1. The highest BCUT2D eigenvalue weighted by Gasteiger charge is 2.32. The summed E-state index contributed by atoms with van der Waals surface area (Å²) in [6.07, 6.45) is 3.31. The molecule has 0 radical (unpaired) electrons. The Labute approximate surface area is 150 Å². The fourth-order valence-corrected chi connectivity index (χ4v) is 3.24. The molecule has 0 saturated carbocycles. The highest BCUT2D eigenvalue weighted by atomic mass is 16.5. The molecule has 0 aliphatic carbocycles. The van der Waals surface area contributed by atoms with Crippen LogP contribution in [0.3, 0.4) is 0 Å². The number of aryl methyl sites for hydroxylation is 2. The molecule has 2 atom stereocenters. The fourth-order valence-electron chi connectivity index (χ4n) is 3.24. The lowest BCUT2D eigenvalue weighted by molar-refractivity contribution is -0.150. The van der Waals surface area contributed by atoms with E-state index in [1.807, 2.05) is 17.9 Å². The van der Waals surface area contributed by atoms with Gasteiger partial charge in [0.15, 0.2) is 0 Å². The number of aromatic nitrogens is 2. The lowest BCUT2D eigenvalue weighted by atomic mass is 10.0. The summed E-state index contributed by atoms with van der Waals surface area (Å²) < 4.78 is 7.62. The van der Waals surface area contributed by atoms with Crippen molar-refractivity contribution in [2.75, 3.05) is 13.1 Å². The molecule has 6 heteroatoms. The van der Waals surface area contributed by atoms with Crippen molar-refractivity contribution >= 4 is 5.91 Å². The van der Waals surface area contributed by atoms with Crippen molar-refractivity contribution in [3.8, 4) is 0 Å². The topological polar surface area (TPSA) is 64.4 Å². The summed E-state index contributed by atoms with van der Waals surface area (Å²) in [4.78, 5) is 30.7. The van der Waals surface area contributed by atoms with Crippen LogP contribution < -0.4 is 5.69 Å². The summed E-state index contributed by atoms with van der Waals surface area (Å²) >= 11 is 0. The van der Waals surface area contributed by atoms with Crippen molar-refractivity contribution in [3.05, 3.63) is 27.9 Å². The summed E-state index contributed by atoms with van der Waals surface area (Å²) in [5.74, 6) is 0.316. The van der Waals surface area contributed by atoms with E-state index < -0.39 is 0 Å². The highest BCUT2D eigenvalue weighted by molar-refractivity contribution is 5.76. The van der Waals surface area contributed by atoms with Crippen LogP contribution in [-0.4, -0.2) is 45.7 Å². The molecule has 2 rings (SSSR count). The molecule has 0 unspecified atom stereocenters. The van der Waals surface area contributed by atoms with Crippen molar-refractivity contribution in [3.63, 3.8) is 0 Å². The predicted octanol–water partition coefficient (Wildman–Crippen LogP) is 2.30. The van der Waals surface area contributed by atoms with Crippen LogP contribution in [0.5, 0.6) is 0 Å². The van der Waals surface area contributed by atoms with Crippen molar-refractivity contribution in [1.29, 1.82) is 0 Å². The van der Waals surface area contributed by atoms with Crippen molar-refractivity contribution in [1.82, 2.24) is 14.5 Å². The Hall–Kier alpha value is -1.69. The van der Waals surface area contributed by atoms with E-state index in [2.05, 4.69) is 25.8 Å². The van der Waals surface area contributed by atoms with Crippen LogP contribution in [0.25, 0.3) is 0 Å².